The van der Waals surface area contributed by atoms with Gasteiger partial charge in [0.05, 0.1) is 17.2 Å². The van der Waals surface area contributed by atoms with E-state index in [4.69, 9.17) is 10.0 Å². The van der Waals surface area contributed by atoms with E-state index in [2.05, 4.69) is 26.6 Å². The van der Waals surface area contributed by atoms with Gasteiger partial charge < -0.3 is 61.8 Å². The van der Waals surface area contributed by atoms with Crippen LogP contribution < -0.4 is 37.5 Å². The van der Waals surface area contributed by atoms with E-state index < -0.39 is 103 Å². The highest BCUT2D eigenvalue weighted by atomic mass is 19.1. The van der Waals surface area contributed by atoms with E-state index in [9.17, 15) is 62.6 Å². The van der Waals surface area contributed by atoms with E-state index >= 15 is 0 Å². The number of benzene rings is 2. The van der Waals surface area contributed by atoms with Crippen LogP contribution in [-0.2, 0) is 24.0 Å². The maximum atomic E-state index is 14.7. The van der Waals surface area contributed by atoms with Gasteiger partial charge in [0.2, 0.25) is 23.6 Å². The number of carbonyl (C=O) groups is 7. The Labute approximate surface area is 350 Å². The Morgan fingerprint density at radius 2 is 1.41 bits per heavy atom. The normalized spacial score (nSPS) is 15.4. The molecule has 19 nitrogen and oxygen atoms in total. The van der Waals surface area contributed by atoms with E-state index in [0.29, 0.717) is 45.1 Å². The Bertz CT molecular complexity index is 1890. The maximum absolute atomic E-state index is 14.7. The zero-order valence-electron chi connectivity index (χ0n) is 33.7. The first-order valence-electron chi connectivity index (χ1n) is 19.8. The summed E-state index contributed by atoms with van der Waals surface area (Å²) in [5, 5.41) is 68.4. The van der Waals surface area contributed by atoms with Gasteiger partial charge in [-0.2, -0.15) is 0 Å². The fraction of sp³-hybridized carbons (Fsp3) is 0.500. The first-order valence-corrected chi connectivity index (χ1v) is 19.8. The van der Waals surface area contributed by atoms with Crippen molar-refractivity contribution in [1.82, 2.24) is 31.5 Å². The molecule has 2 aromatic rings. The summed E-state index contributed by atoms with van der Waals surface area (Å²) in [6, 6.07) is 2.11. The van der Waals surface area contributed by atoms with Gasteiger partial charge in [0, 0.05) is 38.5 Å². The number of rotatable bonds is 23. The molecule has 0 spiro atoms. The predicted molar refractivity (Wildman–Crippen MR) is 215 cm³/mol. The topological polar surface area (TPSA) is 304 Å². The third kappa shape index (κ3) is 14.9. The molecule has 1 heterocycles. The zero-order valence-corrected chi connectivity index (χ0v) is 33.7. The predicted octanol–water partition coefficient (Wildman–Crippen LogP) is -3.00. The number of aliphatic hydroxyl groups excluding tert-OH is 1. The molecule has 0 bridgehead atoms. The van der Waals surface area contributed by atoms with Crippen LogP contribution in [-0.4, -0.2) is 141 Å². The highest BCUT2D eigenvalue weighted by Gasteiger charge is 2.38. The minimum Gasteiger partial charge on any atom is -0.480 e. The number of amides is 6. The quantitative estimate of drug-likeness (QED) is 0.0393. The van der Waals surface area contributed by atoms with Crippen LogP contribution in [0.2, 0.25) is 0 Å². The molecule has 0 aliphatic carbocycles. The van der Waals surface area contributed by atoms with Crippen molar-refractivity contribution in [2.45, 2.75) is 89.4 Å². The Morgan fingerprint density at radius 3 is 1.95 bits per heavy atom. The van der Waals surface area contributed by atoms with Gasteiger partial charge in [-0.1, -0.05) is 25.5 Å². The number of aliphatic hydroxyl groups is 1. The van der Waals surface area contributed by atoms with Crippen molar-refractivity contribution in [3.8, 4) is 0 Å². The van der Waals surface area contributed by atoms with Crippen molar-refractivity contribution in [2.75, 3.05) is 26.2 Å². The van der Waals surface area contributed by atoms with Crippen molar-refractivity contribution in [3.63, 3.8) is 0 Å². The summed E-state index contributed by atoms with van der Waals surface area (Å²) in [5.74, 6) is -8.10. The summed E-state index contributed by atoms with van der Waals surface area (Å²) in [5.41, 5.74) is -1.27. The van der Waals surface area contributed by atoms with Gasteiger partial charge in [0.1, 0.15) is 23.7 Å². The van der Waals surface area contributed by atoms with Crippen LogP contribution in [0.25, 0.3) is 0 Å². The van der Waals surface area contributed by atoms with E-state index in [-0.39, 0.29) is 49.3 Å². The molecule has 1 saturated heterocycles. The van der Waals surface area contributed by atoms with Crippen molar-refractivity contribution in [2.24, 2.45) is 5.92 Å². The van der Waals surface area contributed by atoms with Gasteiger partial charge in [-0.25, -0.2) is 13.6 Å². The number of aliphatic carboxylic acids is 1. The molecular weight excluding hydrogens is 808 g/mol. The lowest BCUT2D eigenvalue weighted by Crippen LogP contribution is -2.54. The van der Waals surface area contributed by atoms with Gasteiger partial charge in [0.25, 0.3) is 11.8 Å². The summed E-state index contributed by atoms with van der Waals surface area (Å²) in [7, 11) is -3.94. The molecule has 61 heavy (non-hydrogen) atoms. The van der Waals surface area contributed by atoms with Crippen LogP contribution in [0.5, 0.6) is 0 Å². The van der Waals surface area contributed by atoms with Crippen LogP contribution in [0, 0.1) is 17.6 Å². The van der Waals surface area contributed by atoms with E-state index in [1.165, 1.54) is 11.8 Å². The Kier molecular flexibility index (Phi) is 19.7. The van der Waals surface area contributed by atoms with Gasteiger partial charge >= 0.3 is 20.2 Å². The first-order chi connectivity index (χ1) is 28.9. The lowest BCUT2D eigenvalue weighted by atomic mass is 9.80. The average molecular weight is 860 g/mol. The molecule has 3 rings (SSSR count). The fourth-order valence-corrected chi connectivity index (χ4v) is 6.61. The maximum Gasteiger partial charge on any atom is 0.488 e. The third-order valence-electron chi connectivity index (χ3n) is 10.1. The summed E-state index contributed by atoms with van der Waals surface area (Å²) in [6.07, 6.45) is 0.720. The fourth-order valence-electron chi connectivity index (χ4n) is 6.61. The molecule has 0 saturated carbocycles. The number of halogens is 2. The monoisotopic (exact) mass is 860 g/mol. The second-order valence-corrected chi connectivity index (χ2v) is 14.5. The number of likely N-dealkylation sites (tertiary alicyclic amines) is 1. The van der Waals surface area contributed by atoms with Gasteiger partial charge in [0.15, 0.2) is 6.04 Å². The molecule has 0 radical (unpaired) electrons. The number of hydrogen-bond donors (Lipinski definition) is 11. The van der Waals surface area contributed by atoms with Crippen LogP contribution in [0.3, 0.4) is 0 Å². The number of nitrogens with zero attached hydrogens (tertiary/aromatic N) is 1. The first kappa shape index (κ1) is 49.9. The highest BCUT2D eigenvalue weighted by Crippen LogP contribution is 2.24. The van der Waals surface area contributed by atoms with Gasteiger partial charge in [-0.3, -0.25) is 28.8 Å². The molecule has 6 amide bonds. The van der Waals surface area contributed by atoms with Crippen molar-refractivity contribution in [3.05, 3.63) is 59.2 Å². The third-order valence-corrected chi connectivity index (χ3v) is 10.1. The molecule has 5 atom stereocenters. The minimum absolute atomic E-state index is 0.0912. The number of nitrogens with one attached hydrogen (secondary N) is 5. The number of unbranched alkanes of at least 4 members (excludes halogenated alkanes) is 1. The van der Waals surface area contributed by atoms with E-state index in [1.807, 2.05) is 6.92 Å². The Morgan fingerprint density at radius 1 is 0.803 bits per heavy atom. The molecule has 23 heteroatoms. The lowest BCUT2D eigenvalue weighted by molar-refractivity contribution is -0.147. The minimum atomic E-state index is -2.00. The average Bonchev–Trinajstić information content (AvgIpc) is 3.70. The van der Waals surface area contributed by atoms with Gasteiger partial charge in [-0.05, 0) is 80.6 Å². The zero-order chi connectivity index (χ0) is 45.4. The second-order valence-electron chi connectivity index (χ2n) is 14.5. The summed E-state index contributed by atoms with van der Waals surface area (Å²) in [6.45, 7) is 3.04. The molecular formula is C38H52B2F2N6O13. The second kappa shape index (κ2) is 24.1. The smallest absolute Gasteiger partial charge is 0.480 e. The summed E-state index contributed by atoms with van der Waals surface area (Å²) >= 11 is 0. The molecule has 2 aromatic carbocycles. The molecule has 0 unspecified atom stereocenters. The SMILES string of the molecule is CC[C@@H](CCCCNC(=O)[C@@H](CCNC(=O)CCNC(=O)c1ccc(B(O)O)cc1F)NC(=O)c1ccc(B(O)O)cc1F)C(=O)N1CCC[C@H]1C(=O)N[C@H](C(=O)O)[C@@H](C)O. The summed E-state index contributed by atoms with van der Waals surface area (Å²) < 4.78 is 29.0. The Hall–Kier alpha value is -5.48. The molecule has 1 aliphatic heterocycles. The van der Waals surface area contributed by atoms with Crippen LogP contribution >= 0.6 is 0 Å². The largest absolute Gasteiger partial charge is 0.488 e. The number of carboxylic acid groups (broad SMARTS) is 1. The molecule has 1 fully saturated rings. The van der Waals surface area contributed by atoms with Gasteiger partial charge in [-0.15, -0.1) is 0 Å². The molecule has 1 aliphatic rings. The summed E-state index contributed by atoms with van der Waals surface area (Å²) in [4.78, 5) is 90.6. The molecule has 332 valence electrons. The van der Waals surface area contributed by atoms with Crippen molar-refractivity contribution >= 4 is 66.6 Å². The molecule has 0 aromatic heterocycles. The number of carboxylic acids is 1. The van der Waals surface area contributed by atoms with Crippen molar-refractivity contribution < 1.29 is 72.7 Å². The molecule has 11 N–H and O–H groups in total. The highest BCUT2D eigenvalue weighted by molar-refractivity contribution is 6.59. The Balaban J connectivity index is 1.55. The van der Waals surface area contributed by atoms with E-state index in [1.54, 1.807) is 0 Å². The lowest BCUT2D eigenvalue weighted by Gasteiger charge is -2.29. The van der Waals surface area contributed by atoms with Crippen LogP contribution in [0.15, 0.2) is 36.4 Å². The van der Waals surface area contributed by atoms with Crippen LogP contribution in [0.1, 0.15) is 85.9 Å². The number of hydrogen-bond acceptors (Lipinski definition) is 12. The number of carbonyl (C=O) groups excluding carboxylic acids is 6. The van der Waals surface area contributed by atoms with Crippen molar-refractivity contribution in [1.29, 1.82) is 0 Å². The van der Waals surface area contributed by atoms with Crippen LogP contribution in [0.4, 0.5) is 8.78 Å². The standard InChI is InChI=1S/C38H52B2F2N6O13/c1-3-22(37(55)48-18-6-8-30(48)36(54)47-32(21(2)49)38(56)57)7-4-5-15-44-35(53)29(46-34(52)26-12-10-24(40(60)61)20-28(26)42)13-16-43-31(50)14-17-45-33(51)25-11-9-23(39(58)59)19-27(25)41/h9-12,19-22,29-30,32,49,58-61H,3-8,13-18H2,1-2H3,(H,43,50)(H,44,53)(H,45,51)(H,46,52)(H,47,54)(H,56,57)/t21-,22+,29-,30+,32+/m1/s1. The van der Waals surface area contributed by atoms with E-state index in [0.717, 1.165) is 36.4 Å².